The summed E-state index contributed by atoms with van der Waals surface area (Å²) in [5, 5.41) is 10.0. The van der Waals surface area contributed by atoms with E-state index in [9.17, 15) is 5.11 Å². The zero-order valence-electron chi connectivity index (χ0n) is 7.54. The molecule has 0 saturated heterocycles. The average Bonchev–Trinajstić information content (AvgIpc) is 2.25. The van der Waals surface area contributed by atoms with Crippen LogP contribution in [-0.2, 0) is 5.60 Å². The van der Waals surface area contributed by atoms with Gasteiger partial charge in [-0.1, -0.05) is 31.2 Å². The van der Waals surface area contributed by atoms with Crippen molar-refractivity contribution >= 4 is 0 Å². The van der Waals surface area contributed by atoms with Gasteiger partial charge in [-0.15, -0.1) is 0 Å². The maximum atomic E-state index is 10.0. The first-order valence-electron chi connectivity index (χ1n) is 4.43. The molecule has 0 saturated carbocycles. The molecule has 2 atom stereocenters. The van der Waals surface area contributed by atoms with Gasteiger partial charge in [-0.3, -0.25) is 0 Å². The molecule has 12 heavy (non-hydrogen) atoms. The second-order valence-electron chi connectivity index (χ2n) is 3.97. The van der Waals surface area contributed by atoms with E-state index >= 15 is 0 Å². The highest BCUT2D eigenvalue weighted by Crippen LogP contribution is 2.43. The second kappa shape index (κ2) is 2.33. The molecule has 64 valence electrons. The molecule has 1 aromatic rings. The number of hydrogen-bond donors (Lipinski definition) is 1. The Kier molecular flexibility index (Phi) is 1.52. The fraction of sp³-hybridized carbons (Fsp3) is 0.455. The predicted molar refractivity (Wildman–Crippen MR) is 49.0 cm³/mol. The molecular weight excluding hydrogens is 148 g/mol. The van der Waals surface area contributed by atoms with E-state index in [1.807, 2.05) is 25.1 Å². The Morgan fingerprint density at radius 1 is 1.42 bits per heavy atom. The third-order valence-electron chi connectivity index (χ3n) is 2.78. The van der Waals surface area contributed by atoms with Crippen LogP contribution in [0.5, 0.6) is 0 Å². The molecule has 0 aromatic heterocycles. The zero-order valence-corrected chi connectivity index (χ0v) is 7.54. The third kappa shape index (κ3) is 0.969. The van der Waals surface area contributed by atoms with Gasteiger partial charge in [0.15, 0.2) is 0 Å². The van der Waals surface area contributed by atoms with Crippen LogP contribution in [0, 0.1) is 0 Å². The van der Waals surface area contributed by atoms with Crippen LogP contribution in [0.4, 0.5) is 0 Å². The van der Waals surface area contributed by atoms with Gasteiger partial charge in [-0.25, -0.2) is 0 Å². The molecule has 0 bridgehead atoms. The van der Waals surface area contributed by atoms with Gasteiger partial charge in [0.1, 0.15) is 0 Å². The summed E-state index contributed by atoms with van der Waals surface area (Å²) in [4.78, 5) is 0. The van der Waals surface area contributed by atoms with Crippen molar-refractivity contribution in [2.45, 2.75) is 31.8 Å². The van der Waals surface area contributed by atoms with Gasteiger partial charge in [-0.05, 0) is 30.4 Å². The molecule has 0 amide bonds. The smallest absolute Gasteiger partial charge is 0.0877 e. The van der Waals surface area contributed by atoms with Crippen molar-refractivity contribution in [3.8, 4) is 0 Å². The molecule has 1 aliphatic rings. The van der Waals surface area contributed by atoms with Crippen molar-refractivity contribution in [1.29, 1.82) is 0 Å². The lowest BCUT2D eigenvalue weighted by atomic mass is 9.99. The van der Waals surface area contributed by atoms with Crippen molar-refractivity contribution < 1.29 is 5.11 Å². The van der Waals surface area contributed by atoms with E-state index in [0.29, 0.717) is 5.92 Å². The fourth-order valence-electron chi connectivity index (χ4n) is 2.23. The topological polar surface area (TPSA) is 20.2 Å². The van der Waals surface area contributed by atoms with Crippen LogP contribution in [0.3, 0.4) is 0 Å². The summed E-state index contributed by atoms with van der Waals surface area (Å²) in [6, 6.07) is 8.17. The molecule has 1 aromatic carbocycles. The van der Waals surface area contributed by atoms with Crippen molar-refractivity contribution in [1.82, 2.24) is 0 Å². The Labute approximate surface area is 73.0 Å². The molecular formula is C11H14O. The minimum absolute atomic E-state index is 0.496. The molecule has 0 heterocycles. The molecule has 0 fully saturated rings. The van der Waals surface area contributed by atoms with Crippen LogP contribution in [0.25, 0.3) is 0 Å². The van der Waals surface area contributed by atoms with Crippen molar-refractivity contribution in [3.63, 3.8) is 0 Å². The first kappa shape index (κ1) is 7.81. The first-order valence-corrected chi connectivity index (χ1v) is 4.43. The summed E-state index contributed by atoms with van der Waals surface area (Å²) in [5.41, 5.74) is 1.82. The summed E-state index contributed by atoms with van der Waals surface area (Å²) in [6.45, 7) is 4.07. The second-order valence-corrected chi connectivity index (χ2v) is 3.97. The van der Waals surface area contributed by atoms with Gasteiger partial charge in [-0.2, -0.15) is 0 Å². The minimum atomic E-state index is -0.601. The molecule has 0 radical (unpaired) electrons. The monoisotopic (exact) mass is 162 g/mol. The van der Waals surface area contributed by atoms with Crippen LogP contribution in [-0.4, -0.2) is 5.11 Å². The Morgan fingerprint density at radius 2 is 2.08 bits per heavy atom. The van der Waals surface area contributed by atoms with Gasteiger partial charge in [0.2, 0.25) is 0 Å². The molecule has 1 aliphatic carbocycles. The standard InChI is InChI=1S/C11H14O/c1-8-7-11(2,12)10-6-4-3-5-9(8)10/h3-6,8,12H,7H2,1-2H3. The summed E-state index contributed by atoms with van der Waals surface area (Å²) >= 11 is 0. The van der Waals surface area contributed by atoms with Crippen LogP contribution < -0.4 is 0 Å². The summed E-state index contributed by atoms with van der Waals surface area (Å²) in [5.74, 6) is 0.496. The average molecular weight is 162 g/mol. The van der Waals surface area contributed by atoms with Gasteiger partial charge >= 0.3 is 0 Å². The van der Waals surface area contributed by atoms with E-state index in [4.69, 9.17) is 0 Å². The normalized spacial score (nSPS) is 33.4. The van der Waals surface area contributed by atoms with Crippen LogP contribution >= 0.6 is 0 Å². The molecule has 1 nitrogen and oxygen atoms in total. The lowest BCUT2D eigenvalue weighted by Crippen LogP contribution is -2.16. The summed E-state index contributed by atoms with van der Waals surface area (Å²) < 4.78 is 0. The Hall–Kier alpha value is -0.820. The Morgan fingerprint density at radius 3 is 2.75 bits per heavy atom. The van der Waals surface area contributed by atoms with Crippen molar-refractivity contribution in [2.24, 2.45) is 0 Å². The van der Waals surface area contributed by atoms with E-state index in [2.05, 4.69) is 13.0 Å². The van der Waals surface area contributed by atoms with E-state index in [-0.39, 0.29) is 0 Å². The summed E-state index contributed by atoms with van der Waals surface area (Å²) in [7, 11) is 0. The number of benzene rings is 1. The quantitative estimate of drug-likeness (QED) is 0.621. The van der Waals surface area contributed by atoms with Crippen molar-refractivity contribution in [2.75, 3.05) is 0 Å². The molecule has 2 unspecified atom stereocenters. The van der Waals surface area contributed by atoms with E-state index in [1.54, 1.807) is 0 Å². The van der Waals surface area contributed by atoms with Gasteiger partial charge in [0, 0.05) is 0 Å². The van der Waals surface area contributed by atoms with Crippen LogP contribution in [0.2, 0.25) is 0 Å². The molecule has 2 rings (SSSR count). The number of fused-ring (bicyclic) bond motifs is 1. The number of rotatable bonds is 0. The van der Waals surface area contributed by atoms with E-state index < -0.39 is 5.60 Å². The lowest BCUT2D eigenvalue weighted by Gasteiger charge is -2.17. The summed E-state index contributed by atoms with van der Waals surface area (Å²) in [6.07, 6.45) is 0.854. The predicted octanol–water partition coefficient (Wildman–Crippen LogP) is 2.40. The lowest BCUT2D eigenvalue weighted by molar-refractivity contribution is 0.0552. The molecule has 1 N–H and O–H groups in total. The highest BCUT2D eigenvalue weighted by atomic mass is 16.3. The van der Waals surface area contributed by atoms with Gasteiger partial charge in [0.05, 0.1) is 5.60 Å². The maximum absolute atomic E-state index is 10.0. The third-order valence-corrected chi connectivity index (χ3v) is 2.78. The molecule has 0 spiro atoms. The van der Waals surface area contributed by atoms with E-state index in [1.165, 1.54) is 5.56 Å². The van der Waals surface area contributed by atoms with Crippen molar-refractivity contribution in [3.05, 3.63) is 35.4 Å². The molecule has 1 heteroatoms. The SMILES string of the molecule is CC1CC(C)(O)c2ccccc21. The highest BCUT2D eigenvalue weighted by molar-refractivity contribution is 5.39. The number of hydrogen-bond acceptors (Lipinski definition) is 1. The Balaban J connectivity index is 2.58. The maximum Gasteiger partial charge on any atom is 0.0877 e. The zero-order chi connectivity index (χ0) is 8.77. The van der Waals surface area contributed by atoms with Crippen LogP contribution in [0.1, 0.15) is 37.3 Å². The fourth-order valence-corrected chi connectivity index (χ4v) is 2.23. The number of aliphatic hydroxyl groups is 1. The van der Waals surface area contributed by atoms with Gasteiger partial charge in [0.25, 0.3) is 0 Å². The molecule has 0 aliphatic heterocycles. The van der Waals surface area contributed by atoms with E-state index in [0.717, 1.165) is 12.0 Å². The largest absolute Gasteiger partial charge is 0.385 e. The van der Waals surface area contributed by atoms with Gasteiger partial charge < -0.3 is 5.11 Å². The highest BCUT2D eigenvalue weighted by Gasteiger charge is 2.35. The minimum Gasteiger partial charge on any atom is -0.385 e. The first-order chi connectivity index (χ1) is 5.61. The van der Waals surface area contributed by atoms with Crippen LogP contribution in [0.15, 0.2) is 24.3 Å². The Bertz CT molecular complexity index is 302.